The first-order chi connectivity index (χ1) is 13.1. The molecule has 0 fully saturated rings. The highest BCUT2D eigenvalue weighted by Gasteiger charge is 2.13. The summed E-state index contributed by atoms with van der Waals surface area (Å²) in [6, 6.07) is 11.7. The van der Waals surface area contributed by atoms with Gasteiger partial charge in [-0.2, -0.15) is 0 Å². The Morgan fingerprint density at radius 2 is 2.07 bits per heavy atom. The van der Waals surface area contributed by atoms with Gasteiger partial charge < -0.3 is 4.74 Å². The SMILES string of the molecule is CCOCCCn1c(SCc2ccccc2F)nc2cc(Cl)ccc2c1=O. The minimum atomic E-state index is -0.265. The van der Waals surface area contributed by atoms with Crippen molar-refractivity contribution in [1.82, 2.24) is 9.55 Å². The second-order valence-corrected chi connectivity index (χ2v) is 7.32. The summed E-state index contributed by atoms with van der Waals surface area (Å²) in [6.45, 7) is 3.63. The summed E-state index contributed by atoms with van der Waals surface area (Å²) in [4.78, 5) is 17.6. The topological polar surface area (TPSA) is 44.1 Å². The second-order valence-electron chi connectivity index (χ2n) is 5.94. The zero-order valence-corrected chi connectivity index (χ0v) is 16.5. The lowest BCUT2D eigenvalue weighted by molar-refractivity contribution is 0.140. The maximum absolute atomic E-state index is 13.9. The molecule has 0 amide bonds. The summed E-state index contributed by atoms with van der Waals surface area (Å²) in [5, 5.41) is 1.59. The predicted molar refractivity (Wildman–Crippen MR) is 108 cm³/mol. The third-order valence-electron chi connectivity index (χ3n) is 4.07. The van der Waals surface area contributed by atoms with Crippen molar-refractivity contribution < 1.29 is 9.13 Å². The van der Waals surface area contributed by atoms with E-state index in [9.17, 15) is 9.18 Å². The molecule has 1 aromatic heterocycles. The van der Waals surface area contributed by atoms with E-state index in [1.165, 1.54) is 17.8 Å². The van der Waals surface area contributed by atoms with Crippen LogP contribution in [0.15, 0.2) is 52.4 Å². The fourth-order valence-electron chi connectivity index (χ4n) is 2.71. The van der Waals surface area contributed by atoms with Crippen LogP contribution in [0, 0.1) is 5.82 Å². The Morgan fingerprint density at radius 3 is 2.85 bits per heavy atom. The van der Waals surface area contributed by atoms with Crippen LogP contribution in [0.3, 0.4) is 0 Å². The van der Waals surface area contributed by atoms with Crippen molar-refractivity contribution in [3.05, 3.63) is 69.2 Å². The Kier molecular flexibility index (Phi) is 6.88. The molecule has 0 saturated heterocycles. The van der Waals surface area contributed by atoms with Gasteiger partial charge in [0.15, 0.2) is 5.16 Å². The fraction of sp³-hybridized carbons (Fsp3) is 0.300. The highest BCUT2D eigenvalue weighted by atomic mass is 35.5. The molecule has 27 heavy (non-hydrogen) atoms. The zero-order chi connectivity index (χ0) is 19.2. The average Bonchev–Trinajstić information content (AvgIpc) is 2.66. The summed E-state index contributed by atoms with van der Waals surface area (Å²) in [5.74, 6) is 0.121. The molecule has 0 aliphatic rings. The molecule has 0 spiro atoms. The van der Waals surface area contributed by atoms with Crippen molar-refractivity contribution in [2.75, 3.05) is 13.2 Å². The quantitative estimate of drug-likeness (QED) is 0.303. The normalized spacial score (nSPS) is 11.2. The first-order valence-corrected chi connectivity index (χ1v) is 10.1. The van der Waals surface area contributed by atoms with Crippen LogP contribution in [-0.4, -0.2) is 22.8 Å². The molecular formula is C20H20ClFN2O2S. The van der Waals surface area contributed by atoms with Crippen LogP contribution in [0.25, 0.3) is 10.9 Å². The van der Waals surface area contributed by atoms with Gasteiger partial charge in [0.25, 0.3) is 5.56 Å². The number of halogens is 2. The molecule has 3 rings (SSSR count). The number of aromatic nitrogens is 2. The average molecular weight is 407 g/mol. The molecule has 0 bridgehead atoms. The van der Waals surface area contributed by atoms with Gasteiger partial charge in [-0.3, -0.25) is 9.36 Å². The number of benzene rings is 2. The van der Waals surface area contributed by atoms with Crippen LogP contribution in [0.1, 0.15) is 18.9 Å². The van der Waals surface area contributed by atoms with E-state index in [1.54, 1.807) is 41.0 Å². The highest BCUT2D eigenvalue weighted by molar-refractivity contribution is 7.98. The lowest BCUT2D eigenvalue weighted by Gasteiger charge is -2.13. The molecule has 0 saturated carbocycles. The molecule has 0 aliphatic heterocycles. The van der Waals surface area contributed by atoms with E-state index in [0.29, 0.717) is 58.6 Å². The maximum atomic E-state index is 13.9. The molecule has 142 valence electrons. The van der Waals surface area contributed by atoms with E-state index in [2.05, 4.69) is 4.98 Å². The lowest BCUT2D eigenvalue weighted by Crippen LogP contribution is -2.24. The number of hydrogen-bond acceptors (Lipinski definition) is 4. The van der Waals surface area contributed by atoms with Crippen molar-refractivity contribution >= 4 is 34.3 Å². The number of nitrogens with zero attached hydrogens (tertiary/aromatic N) is 2. The first kappa shape index (κ1) is 19.9. The van der Waals surface area contributed by atoms with Crippen LogP contribution >= 0.6 is 23.4 Å². The van der Waals surface area contributed by atoms with Crippen LogP contribution in [-0.2, 0) is 17.0 Å². The third-order valence-corrected chi connectivity index (χ3v) is 5.33. The van der Waals surface area contributed by atoms with Gasteiger partial charge in [-0.1, -0.05) is 41.6 Å². The van der Waals surface area contributed by atoms with E-state index in [0.717, 1.165) is 0 Å². The Hall–Kier alpha value is -1.89. The van der Waals surface area contributed by atoms with Crippen LogP contribution in [0.5, 0.6) is 0 Å². The summed E-state index contributed by atoms with van der Waals surface area (Å²) >= 11 is 7.39. The van der Waals surface area contributed by atoms with Gasteiger partial charge in [-0.15, -0.1) is 0 Å². The molecular weight excluding hydrogens is 387 g/mol. The van der Waals surface area contributed by atoms with Crippen LogP contribution in [0.2, 0.25) is 5.02 Å². The molecule has 2 aromatic carbocycles. The van der Waals surface area contributed by atoms with Crippen molar-refractivity contribution in [2.24, 2.45) is 0 Å². The Morgan fingerprint density at radius 1 is 1.26 bits per heavy atom. The monoisotopic (exact) mass is 406 g/mol. The summed E-state index contributed by atoms with van der Waals surface area (Å²) in [6.07, 6.45) is 0.696. The zero-order valence-electron chi connectivity index (χ0n) is 15.0. The van der Waals surface area contributed by atoms with Gasteiger partial charge in [0.1, 0.15) is 5.82 Å². The van der Waals surface area contributed by atoms with Crippen LogP contribution < -0.4 is 5.56 Å². The number of ether oxygens (including phenoxy) is 1. The molecule has 0 atom stereocenters. The number of thioether (sulfide) groups is 1. The smallest absolute Gasteiger partial charge is 0.262 e. The minimum Gasteiger partial charge on any atom is -0.382 e. The molecule has 0 N–H and O–H groups in total. The molecule has 4 nitrogen and oxygen atoms in total. The lowest BCUT2D eigenvalue weighted by atomic mass is 10.2. The molecule has 3 aromatic rings. The molecule has 0 radical (unpaired) electrons. The molecule has 0 aliphatic carbocycles. The largest absolute Gasteiger partial charge is 0.382 e. The summed E-state index contributed by atoms with van der Waals surface area (Å²) < 4.78 is 20.9. The Labute approximate surface area is 166 Å². The van der Waals surface area contributed by atoms with Gasteiger partial charge in [0, 0.05) is 30.5 Å². The second kappa shape index (κ2) is 9.35. The highest BCUT2D eigenvalue weighted by Crippen LogP contribution is 2.24. The number of rotatable bonds is 8. The van der Waals surface area contributed by atoms with Crippen molar-refractivity contribution in [3.8, 4) is 0 Å². The minimum absolute atomic E-state index is 0.121. The molecule has 0 unspecified atom stereocenters. The van der Waals surface area contributed by atoms with Gasteiger partial charge >= 0.3 is 0 Å². The van der Waals surface area contributed by atoms with E-state index < -0.39 is 0 Å². The first-order valence-electron chi connectivity index (χ1n) is 8.74. The maximum Gasteiger partial charge on any atom is 0.262 e. The van der Waals surface area contributed by atoms with Gasteiger partial charge in [-0.25, -0.2) is 9.37 Å². The van der Waals surface area contributed by atoms with Crippen LogP contribution in [0.4, 0.5) is 4.39 Å². The molecule has 1 heterocycles. The van der Waals surface area contributed by atoms with E-state index in [1.807, 2.05) is 6.92 Å². The summed E-state index contributed by atoms with van der Waals surface area (Å²) in [5.41, 5.74) is 0.998. The number of fused-ring (bicyclic) bond motifs is 1. The van der Waals surface area contributed by atoms with Crippen molar-refractivity contribution in [2.45, 2.75) is 30.8 Å². The summed E-state index contributed by atoms with van der Waals surface area (Å²) in [7, 11) is 0. The Bertz CT molecular complexity index is 993. The van der Waals surface area contributed by atoms with Gasteiger partial charge in [0.2, 0.25) is 0 Å². The van der Waals surface area contributed by atoms with E-state index >= 15 is 0 Å². The van der Waals surface area contributed by atoms with Crippen molar-refractivity contribution in [3.63, 3.8) is 0 Å². The molecule has 7 heteroatoms. The van der Waals surface area contributed by atoms with E-state index in [-0.39, 0.29) is 11.4 Å². The van der Waals surface area contributed by atoms with Crippen molar-refractivity contribution in [1.29, 1.82) is 0 Å². The fourth-order valence-corrected chi connectivity index (χ4v) is 3.89. The standard InChI is InChI=1S/C20H20ClFN2O2S/c1-2-26-11-5-10-24-19(25)16-9-8-15(21)12-18(16)23-20(24)27-13-14-6-3-4-7-17(14)22/h3-4,6-9,12H,2,5,10-11,13H2,1H3. The third kappa shape index (κ3) is 4.89. The number of hydrogen-bond donors (Lipinski definition) is 0. The van der Waals surface area contributed by atoms with Gasteiger partial charge in [0.05, 0.1) is 10.9 Å². The van der Waals surface area contributed by atoms with Gasteiger partial charge in [-0.05, 0) is 43.2 Å². The van der Waals surface area contributed by atoms with E-state index in [4.69, 9.17) is 16.3 Å². The Balaban J connectivity index is 1.94. The predicted octanol–water partition coefficient (Wildman–Crippen LogP) is 4.91.